The van der Waals surface area contributed by atoms with Crippen molar-refractivity contribution in [1.82, 2.24) is 0 Å². The van der Waals surface area contributed by atoms with Gasteiger partial charge in [0.25, 0.3) is 0 Å². The van der Waals surface area contributed by atoms with Crippen molar-refractivity contribution in [3.63, 3.8) is 0 Å². The molecule has 2 aromatic rings. The first-order valence-corrected chi connectivity index (χ1v) is 9.54. The van der Waals surface area contributed by atoms with Gasteiger partial charge in [0.15, 0.2) is 0 Å². The van der Waals surface area contributed by atoms with Crippen molar-refractivity contribution in [3.8, 4) is 0 Å². The molecule has 1 N–H and O–H groups in total. The molecule has 2 aromatic carbocycles. The van der Waals surface area contributed by atoms with Gasteiger partial charge in [0, 0.05) is 18.3 Å². The third kappa shape index (κ3) is 3.87. The van der Waals surface area contributed by atoms with Gasteiger partial charge in [0.2, 0.25) is 11.8 Å². The lowest BCUT2D eigenvalue weighted by atomic mass is 10.1. The van der Waals surface area contributed by atoms with E-state index in [1.165, 1.54) is 12.5 Å². The van der Waals surface area contributed by atoms with Gasteiger partial charge in [-0.25, -0.2) is 0 Å². The first-order valence-electron chi connectivity index (χ1n) is 8.49. The van der Waals surface area contributed by atoms with E-state index in [4.69, 9.17) is 0 Å². The summed E-state index contributed by atoms with van der Waals surface area (Å²) < 4.78 is 0. The highest BCUT2D eigenvalue weighted by atomic mass is 32.2. The average molecular weight is 354 g/mol. The van der Waals surface area contributed by atoms with Gasteiger partial charge in [0.1, 0.15) is 5.37 Å². The molecule has 1 atom stereocenters. The number of benzene rings is 2. The van der Waals surface area contributed by atoms with Crippen molar-refractivity contribution in [2.24, 2.45) is 0 Å². The summed E-state index contributed by atoms with van der Waals surface area (Å²) in [5, 5.41) is 2.74. The molecule has 4 nitrogen and oxygen atoms in total. The molecule has 0 spiro atoms. The second kappa shape index (κ2) is 7.74. The SMILES string of the molecule is CCCc1ccccc1N1C(=O)CS[C@H]1c1ccc(NC(C)=O)cc1. The van der Waals surface area contributed by atoms with Crippen LogP contribution in [0.5, 0.6) is 0 Å². The number of nitrogens with one attached hydrogen (secondary N) is 1. The number of aryl methyl sites for hydroxylation is 1. The zero-order chi connectivity index (χ0) is 17.8. The summed E-state index contributed by atoms with van der Waals surface area (Å²) in [6.45, 7) is 3.64. The van der Waals surface area contributed by atoms with E-state index in [-0.39, 0.29) is 17.2 Å². The molecule has 0 aliphatic carbocycles. The van der Waals surface area contributed by atoms with Crippen molar-refractivity contribution < 1.29 is 9.59 Å². The van der Waals surface area contributed by atoms with Crippen LogP contribution in [-0.4, -0.2) is 17.6 Å². The van der Waals surface area contributed by atoms with Gasteiger partial charge in [-0.05, 0) is 35.7 Å². The Morgan fingerprint density at radius 2 is 1.92 bits per heavy atom. The molecule has 2 amide bonds. The molecule has 0 radical (unpaired) electrons. The lowest BCUT2D eigenvalue weighted by molar-refractivity contribution is -0.116. The highest BCUT2D eigenvalue weighted by Crippen LogP contribution is 2.43. The number of amides is 2. The maximum Gasteiger partial charge on any atom is 0.238 e. The maximum absolute atomic E-state index is 12.6. The van der Waals surface area contributed by atoms with E-state index >= 15 is 0 Å². The van der Waals surface area contributed by atoms with E-state index in [9.17, 15) is 9.59 Å². The number of hydrogen-bond acceptors (Lipinski definition) is 3. The van der Waals surface area contributed by atoms with Crippen LogP contribution in [-0.2, 0) is 16.0 Å². The molecular weight excluding hydrogens is 332 g/mol. The van der Waals surface area contributed by atoms with Crippen LogP contribution in [0.4, 0.5) is 11.4 Å². The van der Waals surface area contributed by atoms with E-state index < -0.39 is 0 Å². The number of nitrogens with zero attached hydrogens (tertiary/aromatic N) is 1. The number of carbonyl (C=O) groups is 2. The molecule has 1 heterocycles. The minimum atomic E-state index is -0.0895. The van der Waals surface area contributed by atoms with Crippen LogP contribution in [0.1, 0.15) is 36.8 Å². The third-order valence-corrected chi connectivity index (χ3v) is 5.37. The fraction of sp³-hybridized carbons (Fsp3) is 0.300. The van der Waals surface area contributed by atoms with Crippen molar-refractivity contribution in [2.75, 3.05) is 16.0 Å². The first-order chi connectivity index (χ1) is 12.1. The largest absolute Gasteiger partial charge is 0.326 e. The monoisotopic (exact) mass is 354 g/mol. The molecule has 25 heavy (non-hydrogen) atoms. The van der Waals surface area contributed by atoms with Gasteiger partial charge >= 0.3 is 0 Å². The Morgan fingerprint density at radius 1 is 1.20 bits per heavy atom. The number of hydrogen-bond donors (Lipinski definition) is 1. The summed E-state index contributed by atoms with van der Waals surface area (Å²) in [6.07, 6.45) is 2.00. The summed E-state index contributed by atoms with van der Waals surface area (Å²) in [4.78, 5) is 25.7. The molecule has 130 valence electrons. The molecule has 0 unspecified atom stereocenters. The van der Waals surface area contributed by atoms with E-state index in [0.29, 0.717) is 5.75 Å². The van der Waals surface area contributed by atoms with E-state index in [1.54, 1.807) is 11.8 Å². The zero-order valence-corrected chi connectivity index (χ0v) is 15.3. The summed E-state index contributed by atoms with van der Waals surface area (Å²) >= 11 is 1.64. The topological polar surface area (TPSA) is 49.4 Å². The Morgan fingerprint density at radius 3 is 2.60 bits per heavy atom. The predicted molar refractivity (Wildman–Crippen MR) is 104 cm³/mol. The molecule has 1 saturated heterocycles. The molecule has 1 fully saturated rings. The summed E-state index contributed by atoms with van der Waals surface area (Å²) in [5.74, 6) is 0.538. The Balaban J connectivity index is 1.91. The zero-order valence-electron chi connectivity index (χ0n) is 14.5. The summed E-state index contributed by atoms with van der Waals surface area (Å²) in [5.41, 5.74) is 4.05. The standard InChI is InChI=1S/C20H22N2O2S/c1-3-6-15-7-4-5-8-18(15)22-19(24)13-25-20(22)16-9-11-17(12-10-16)21-14(2)23/h4-5,7-12,20H,3,6,13H2,1-2H3,(H,21,23)/t20-/m0/s1. The normalized spacial score (nSPS) is 17.0. The lowest BCUT2D eigenvalue weighted by Gasteiger charge is -2.26. The van der Waals surface area contributed by atoms with Gasteiger partial charge in [-0.15, -0.1) is 11.8 Å². The number of anilines is 2. The molecule has 0 bridgehead atoms. The summed E-state index contributed by atoms with van der Waals surface area (Å²) in [6, 6.07) is 15.9. The number of carbonyl (C=O) groups excluding carboxylic acids is 2. The van der Waals surface area contributed by atoms with Crippen LogP contribution in [0.2, 0.25) is 0 Å². The van der Waals surface area contributed by atoms with Crippen molar-refractivity contribution in [2.45, 2.75) is 32.1 Å². The molecule has 5 heteroatoms. The quantitative estimate of drug-likeness (QED) is 0.867. The number of para-hydroxylation sites is 1. The molecule has 3 rings (SSSR count). The Kier molecular flexibility index (Phi) is 5.43. The Bertz CT molecular complexity index is 774. The van der Waals surface area contributed by atoms with E-state index in [1.807, 2.05) is 47.4 Å². The highest BCUT2D eigenvalue weighted by Gasteiger charge is 2.34. The predicted octanol–water partition coefficient (Wildman–Crippen LogP) is 4.38. The molecule has 1 aliphatic heterocycles. The second-order valence-electron chi connectivity index (χ2n) is 6.11. The molecule has 0 saturated carbocycles. The number of rotatable bonds is 5. The van der Waals surface area contributed by atoms with Gasteiger partial charge < -0.3 is 5.32 Å². The number of thioether (sulfide) groups is 1. The fourth-order valence-electron chi connectivity index (χ4n) is 3.09. The second-order valence-corrected chi connectivity index (χ2v) is 7.18. The third-order valence-electron chi connectivity index (χ3n) is 4.15. The van der Waals surface area contributed by atoms with E-state index in [2.05, 4.69) is 18.3 Å². The summed E-state index contributed by atoms with van der Waals surface area (Å²) in [7, 11) is 0. The van der Waals surface area contributed by atoms with Crippen LogP contribution in [0.3, 0.4) is 0 Å². The smallest absolute Gasteiger partial charge is 0.238 e. The lowest BCUT2D eigenvalue weighted by Crippen LogP contribution is -2.28. The van der Waals surface area contributed by atoms with Gasteiger partial charge in [-0.2, -0.15) is 0 Å². The van der Waals surface area contributed by atoms with Crippen LogP contribution in [0.15, 0.2) is 48.5 Å². The van der Waals surface area contributed by atoms with Crippen LogP contribution >= 0.6 is 11.8 Å². The Hall–Kier alpha value is -2.27. The Labute approximate surface area is 152 Å². The van der Waals surface area contributed by atoms with Crippen LogP contribution in [0, 0.1) is 0 Å². The first kappa shape index (κ1) is 17.5. The van der Waals surface area contributed by atoms with Crippen LogP contribution < -0.4 is 10.2 Å². The average Bonchev–Trinajstić information content (AvgIpc) is 2.97. The molecule has 1 aliphatic rings. The maximum atomic E-state index is 12.6. The minimum absolute atomic E-state index is 0.0307. The van der Waals surface area contributed by atoms with Crippen molar-refractivity contribution in [1.29, 1.82) is 0 Å². The van der Waals surface area contributed by atoms with Gasteiger partial charge in [0.05, 0.1) is 5.75 Å². The van der Waals surface area contributed by atoms with Crippen molar-refractivity contribution >= 4 is 35.0 Å². The van der Waals surface area contributed by atoms with Gasteiger partial charge in [-0.3, -0.25) is 14.5 Å². The fourth-order valence-corrected chi connectivity index (χ4v) is 4.26. The van der Waals surface area contributed by atoms with Crippen molar-refractivity contribution in [3.05, 3.63) is 59.7 Å². The molecular formula is C20H22N2O2S. The van der Waals surface area contributed by atoms with E-state index in [0.717, 1.165) is 29.8 Å². The van der Waals surface area contributed by atoms with Crippen LogP contribution in [0.25, 0.3) is 0 Å². The molecule has 0 aromatic heterocycles. The minimum Gasteiger partial charge on any atom is -0.326 e. The van der Waals surface area contributed by atoms with Gasteiger partial charge in [-0.1, -0.05) is 43.7 Å². The highest BCUT2D eigenvalue weighted by molar-refractivity contribution is 8.00.